The van der Waals surface area contributed by atoms with Crippen LogP contribution in [0.4, 0.5) is 13.2 Å². The molecule has 0 aromatic carbocycles. The van der Waals surface area contributed by atoms with Gasteiger partial charge in [-0.05, 0) is 26.8 Å². The maximum absolute atomic E-state index is 12.6. The van der Waals surface area contributed by atoms with Crippen molar-refractivity contribution >= 4 is 17.2 Å². The molecule has 0 unspecified atom stereocenters. The molecule has 0 saturated heterocycles. The van der Waals surface area contributed by atoms with E-state index in [1.54, 1.807) is 6.92 Å². The van der Waals surface area contributed by atoms with Crippen LogP contribution in [0.3, 0.4) is 0 Å². The molecular formula is C14H16F3N3OS. The number of hydrogen-bond donors (Lipinski definition) is 1. The molecule has 1 amide bonds. The van der Waals surface area contributed by atoms with E-state index in [1.165, 1.54) is 24.3 Å². The van der Waals surface area contributed by atoms with Gasteiger partial charge in [0, 0.05) is 22.5 Å². The van der Waals surface area contributed by atoms with Crippen LogP contribution in [0.2, 0.25) is 0 Å². The molecule has 0 aliphatic rings. The molecule has 0 aliphatic carbocycles. The number of halogens is 3. The normalized spacial score (nSPS) is 11.7. The third-order valence-corrected chi connectivity index (χ3v) is 4.19. The van der Waals surface area contributed by atoms with Crippen LogP contribution in [0.25, 0.3) is 0 Å². The highest BCUT2D eigenvalue weighted by Crippen LogP contribution is 2.23. The fourth-order valence-electron chi connectivity index (χ4n) is 2.19. The van der Waals surface area contributed by atoms with Crippen molar-refractivity contribution in [1.29, 1.82) is 0 Å². The zero-order chi connectivity index (χ0) is 16.5. The highest BCUT2D eigenvalue weighted by atomic mass is 32.1. The molecule has 8 heteroatoms. The summed E-state index contributed by atoms with van der Waals surface area (Å²) in [5.41, 5.74) is 1.85. The second-order valence-electron chi connectivity index (χ2n) is 5.05. The van der Waals surface area contributed by atoms with E-state index in [0.29, 0.717) is 11.4 Å². The van der Waals surface area contributed by atoms with Gasteiger partial charge in [-0.25, -0.2) is 4.98 Å². The van der Waals surface area contributed by atoms with E-state index in [9.17, 15) is 18.0 Å². The van der Waals surface area contributed by atoms with Crippen molar-refractivity contribution in [3.8, 4) is 0 Å². The van der Waals surface area contributed by atoms with Crippen molar-refractivity contribution in [2.24, 2.45) is 0 Å². The average Bonchev–Trinajstić information content (AvgIpc) is 2.93. The van der Waals surface area contributed by atoms with Gasteiger partial charge in [0.05, 0.1) is 12.1 Å². The van der Waals surface area contributed by atoms with Gasteiger partial charge in [-0.15, -0.1) is 11.3 Å². The third-order valence-electron chi connectivity index (χ3n) is 3.22. The van der Waals surface area contributed by atoms with Gasteiger partial charge in [0.15, 0.2) is 0 Å². The predicted octanol–water partition coefficient (Wildman–Crippen LogP) is 3.36. The smallest absolute Gasteiger partial charge is 0.345 e. The summed E-state index contributed by atoms with van der Waals surface area (Å²) < 4.78 is 38.8. The van der Waals surface area contributed by atoms with Gasteiger partial charge < -0.3 is 9.88 Å². The number of carbonyl (C=O) groups is 1. The Bertz CT molecular complexity index is 688. The van der Waals surface area contributed by atoms with Gasteiger partial charge in [0.25, 0.3) is 5.91 Å². The Morgan fingerprint density at radius 3 is 2.59 bits per heavy atom. The summed E-state index contributed by atoms with van der Waals surface area (Å²) in [6.45, 7) is 4.09. The molecule has 0 fully saturated rings. The summed E-state index contributed by atoms with van der Waals surface area (Å²) in [5.74, 6) is -0.394. The molecule has 2 heterocycles. The zero-order valence-electron chi connectivity index (χ0n) is 12.4. The Morgan fingerprint density at radius 2 is 2.05 bits per heavy atom. The van der Waals surface area contributed by atoms with Crippen molar-refractivity contribution in [3.63, 3.8) is 0 Å². The fraction of sp³-hybridized carbons (Fsp3) is 0.429. The number of hydrogen-bond acceptors (Lipinski definition) is 3. The molecule has 2 aromatic heterocycles. The Kier molecular flexibility index (Phi) is 4.60. The molecule has 22 heavy (non-hydrogen) atoms. The molecule has 4 nitrogen and oxygen atoms in total. The maximum Gasteiger partial charge on any atom is 0.406 e. The van der Waals surface area contributed by atoms with Crippen LogP contribution in [-0.4, -0.2) is 21.6 Å². The Balaban J connectivity index is 2.11. The van der Waals surface area contributed by atoms with E-state index in [0.717, 1.165) is 15.3 Å². The molecule has 0 bridgehead atoms. The molecule has 1 N–H and O–H groups in total. The maximum atomic E-state index is 12.6. The summed E-state index contributed by atoms with van der Waals surface area (Å²) >= 11 is 1.43. The Labute approximate surface area is 130 Å². The fourth-order valence-corrected chi connectivity index (χ4v) is 2.90. The molecule has 0 aliphatic heterocycles. The van der Waals surface area contributed by atoms with Gasteiger partial charge >= 0.3 is 6.18 Å². The van der Waals surface area contributed by atoms with E-state index in [-0.39, 0.29) is 12.1 Å². The molecular weight excluding hydrogens is 315 g/mol. The first-order valence-corrected chi connectivity index (χ1v) is 7.48. The standard InChI is InChI=1S/C14H16F3N3OS/c1-8-6-22-12(19-8)5-18-13(21)11-4-9(2)20(10(11)3)7-14(15,16)17/h4,6H,5,7H2,1-3H3,(H,18,21). The second-order valence-corrected chi connectivity index (χ2v) is 5.99. The number of nitrogens with zero attached hydrogens (tertiary/aromatic N) is 2. The zero-order valence-corrected chi connectivity index (χ0v) is 13.2. The number of alkyl halides is 3. The largest absolute Gasteiger partial charge is 0.406 e. The summed E-state index contributed by atoms with van der Waals surface area (Å²) in [7, 11) is 0. The Hall–Kier alpha value is -1.83. The summed E-state index contributed by atoms with van der Waals surface area (Å²) in [5, 5.41) is 5.32. The van der Waals surface area contributed by atoms with E-state index in [4.69, 9.17) is 0 Å². The number of aromatic nitrogens is 2. The van der Waals surface area contributed by atoms with E-state index in [1.807, 2.05) is 12.3 Å². The lowest BCUT2D eigenvalue weighted by Crippen LogP contribution is -2.24. The molecule has 0 atom stereocenters. The van der Waals surface area contributed by atoms with Gasteiger partial charge in [-0.2, -0.15) is 13.2 Å². The number of rotatable bonds is 4. The number of carbonyl (C=O) groups excluding carboxylic acids is 1. The highest BCUT2D eigenvalue weighted by Gasteiger charge is 2.30. The minimum Gasteiger partial charge on any atom is -0.345 e. The topological polar surface area (TPSA) is 46.9 Å². The molecule has 2 aromatic rings. The minimum absolute atomic E-state index is 0.259. The van der Waals surface area contributed by atoms with Crippen molar-refractivity contribution in [1.82, 2.24) is 14.9 Å². The van der Waals surface area contributed by atoms with Crippen LogP contribution in [0, 0.1) is 20.8 Å². The number of nitrogens with one attached hydrogen (secondary N) is 1. The lowest BCUT2D eigenvalue weighted by Gasteiger charge is -2.12. The predicted molar refractivity (Wildman–Crippen MR) is 78.0 cm³/mol. The SMILES string of the molecule is Cc1csc(CNC(=O)c2cc(C)n(CC(F)(F)F)c2C)n1. The van der Waals surface area contributed by atoms with Gasteiger partial charge in [0.2, 0.25) is 0 Å². The number of thiazole rings is 1. The second kappa shape index (κ2) is 6.12. The molecule has 120 valence electrons. The van der Waals surface area contributed by atoms with Crippen molar-refractivity contribution in [2.45, 2.75) is 40.0 Å². The Morgan fingerprint density at radius 1 is 1.36 bits per heavy atom. The van der Waals surface area contributed by atoms with Gasteiger partial charge in [0.1, 0.15) is 11.6 Å². The van der Waals surface area contributed by atoms with Gasteiger partial charge in [-0.1, -0.05) is 0 Å². The van der Waals surface area contributed by atoms with Crippen molar-refractivity contribution in [2.75, 3.05) is 0 Å². The van der Waals surface area contributed by atoms with Crippen LogP contribution in [0.1, 0.15) is 32.4 Å². The lowest BCUT2D eigenvalue weighted by atomic mass is 10.2. The molecule has 0 radical (unpaired) electrons. The number of amides is 1. The van der Waals surface area contributed by atoms with Crippen LogP contribution in [0.15, 0.2) is 11.4 Å². The third kappa shape index (κ3) is 3.88. The van der Waals surface area contributed by atoms with Crippen LogP contribution in [0.5, 0.6) is 0 Å². The van der Waals surface area contributed by atoms with Crippen molar-refractivity contribution in [3.05, 3.63) is 39.1 Å². The van der Waals surface area contributed by atoms with Crippen LogP contribution in [-0.2, 0) is 13.1 Å². The summed E-state index contributed by atoms with van der Waals surface area (Å²) in [4.78, 5) is 16.4. The van der Waals surface area contributed by atoms with E-state index < -0.39 is 18.6 Å². The monoisotopic (exact) mass is 331 g/mol. The van der Waals surface area contributed by atoms with Crippen LogP contribution >= 0.6 is 11.3 Å². The van der Waals surface area contributed by atoms with E-state index >= 15 is 0 Å². The highest BCUT2D eigenvalue weighted by molar-refractivity contribution is 7.09. The average molecular weight is 331 g/mol. The van der Waals surface area contributed by atoms with Crippen molar-refractivity contribution < 1.29 is 18.0 Å². The summed E-state index contributed by atoms with van der Waals surface area (Å²) in [6, 6.07) is 1.48. The summed E-state index contributed by atoms with van der Waals surface area (Å²) in [6.07, 6.45) is -4.32. The first-order valence-electron chi connectivity index (χ1n) is 6.60. The lowest BCUT2D eigenvalue weighted by molar-refractivity contribution is -0.141. The first kappa shape index (κ1) is 16.5. The first-order chi connectivity index (χ1) is 10.2. The van der Waals surface area contributed by atoms with Gasteiger partial charge in [-0.3, -0.25) is 4.79 Å². The van der Waals surface area contributed by atoms with Crippen LogP contribution < -0.4 is 5.32 Å². The molecule has 0 saturated carbocycles. The quantitative estimate of drug-likeness (QED) is 0.934. The number of aryl methyl sites for hydroxylation is 2. The van der Waals surface area contributed by atoms with E-state index in [2.05, 4.69) is 10.3 Å². The molecule has 2 rings (SSSR count). The minimum atomic E-state index is -4.32. The molecule has 0 spiro atoms.